The number of morpholine rings is 1. The van der Waals surface area contributed by atoms with Crippen molar-refractivity contribution >= 4 is 15.7 Å². The summed E-state index contributed by atoms with van der Waals surface area (Å²) in [5, 5.41) is 4.89. The van der Waals surface area contributed by atoms with Crippen molar-refractivity contribution in [2.24, 2.45) is 5.14 Å². The van der Waals surface area contributed by atoms with E-state index < -0.39 is 38.6 Å². The molecule has 0 bridgehead atoms. The van der Waals surface area contributed by atoms with Gasteiger partial charge >= 0.3 is 6.18 Å². The summed E-state index contributed by atoms with van der Waals surface area (Å²) >= 11 is 0. The van der Waals surface area contributed by atoms with Crippen LogP contribution in [-0.4, -0.2) is 28.1 Å². The maximum absolute atomic E-state index is 14.0. The van der Waals surface area contributed by atoms with Crippen molar-refractivity contribution in [1.29, 1.82) is 0 Å². The Morgan fingerprint density at radius 2 is 1.85 bits per heavy atom. The fourth-order valence-corrected chi connectivity index (χ4v) is 3.73. The van der Waals surface area contributed by atoms with E-state index in [4.69, 9.17) is 9.88 Å². The van der Waals surface area contributed by atoms with Crippen LogP contribution in [0.4, 0.5) is 23.2 Å². The number of anilines is 1. The van der Waals surface area contributed by atoms with Gasteiger partial charge in [0.05, 0.1) is 17.1 Å². The normalized spacial score (nSPS) is 18.6. The highest BCUT2D eigenvalue weighted by Gasteiger charge is 2.37. The van der Waals surface area contributed by atoms with E-state index in [1.165, 1.54) is 18.2 Å². The zero-order chi connectivity index (χ0) is 19.8. The van der Waals surface area contributed by atoms with E-state index in [2.05, 4.69) is 0 Å². The monoisotopic (exact) mass is 404 g/mol. The SMILES string of the molecule is NS(=O)(=O)c1ccc(N2CCOC(c3ccccc3F)C2)cc1C(F)(F)F. The first-order valence-corrected chi connectivity index (χ1v) is 9.47. The highest BCUT2D eigenvalue weighted by molar-refractivity contribution is 7.89. The van der Waals surface area contributed by atoms with E-state index in [9.17, 15) is 26.0 Å². The fraction of sp³-hybridized carbons (Fsp3) is 0.294. The smallest absolute Gasteiger partial charge is 0.370 e. The van der Waals surface area contributed by atoms with Gasteiger partial charge in [-0.2, -0.15) is 13.2 Å². The van der Waals surface area contributed by atoms with Gasteiger partial charge in [0, 0.05) is 24.3 Å². The molecule has 1 heterocycles. The molecule has 0 amide bonds. The second-order valence-electron chi connectivity index (χ2n) is 6.05. The Morgan fingerprint density at radius 1 is 1.15 bits per heavy atom. The lowest BCUT2D eigenvalue weighted by Crippen LogP contribution is -2.38. The van der Waals surface area contributed by atoms with E-state index in [1.807, 2.05) is 0 Å². The van der Waals surface area contributed by atoms with Gasteiger partial charge in [0.1, 0.15) is 11.9 Å². The molecule has 0 radical (unpaired) electrons. The molecule has 2 aromatic carbocycles. The summed E-state index contributed by atoms with van der Waals surface area (Å²) in [6.07, 6.45) is -5.55. The molecular weight excluding hydrogens is 388 g/mol. The number of primary sulfonamides is 1. The number of hydrogen-bond donors (Lipinski definition) is 1. The Morgan fingerprint density at radius 3 is 2.48 bits per heavy atom. The third-order valence-electron chi connectivity index (χ3n) is 4.26. The van der Waals surface area contributed by atoms with E-state index in [1.54, 1.807) is 17.0 Å². The average Bonchev–Trinajstić information content (AvgIpc) is 2.60. The first kappa shape index (κ1) is 19.6. The average molecular weight is 404 g/mol. The van der Waals surface area contributed by atoms with Crippen LogP contribution < -0.4 is 10.0 Å². The highest BCUT2D eigenvalue weighted by Crippen LogP contribution is 2.37. The number of rotatable bonds is 3. The summed E-state index contributed by atoms with van der Waals surface area (Å²) in [4.78, 5) is 0.598. The lowest BCUT2D eigenvalue weighted by Gasteiger charge is -2.35. The molecule has 0 aliphatic carbocycles. The van der Waals surface area contributed by atoms with E-state index in [-0.39, 0.29) is 25.4 Å². The summed E-state index contributed by atoms with van der Waals surface area (Å²) in [6, 6.07) is 8.82. The molecule has 27 heavy (non-hydrogen) atoms. The Bertz CT molecular complexity index is 947. The largest absolute Gasteiger partial charge is 0.417 e. The molecule has 3 rings (SSSR count). The van der Waals surface area contributed by atoms with Crippen LogP contribution in [-0.2, 0) is 20.9 Å². The van der Waals surface area contributed by atoms with Gasteiger partial charge in [-0.25, -0.2) is 17.9 Å². The third kappa shape index (κ3) is 4.23. The van der Waals surface area contributed by atoms with Gasteiger partial charge in [0.15, 0.2) is 0 Å². The summed E-state index contributed by atoms with van der Waals surface area (Å²) in [7, 11) is -4.54. The summed E-state index contributed by atoms with van der Waals surface area (Å²) in [6.45, 7) is 0.571. The number of nitrogens with zero attached hydrogens (tertiary/aromatic N) is 1. The quantitative estimate of drug-likeness (QED) is 0.798. The van der Waals surface area contributed by atoms with Crippen LogP contribution in [0.2, 0.25) is 0 Å². The molecule has 2 N–H and O–H groups in total. The Labute approximate surface area is 153 Å². The third-order valence-corrected chi connectivity index (χ3v) is 5.23. The maximum Gasteiger partial charge on any atom is 0.417 e. The number of ether oxygens (including phenoxy) is 1. The minimum absolute atomic E-state index is 0.118. The highest BCUT2D eigenvalue weighted by atomic mass is 32.2. The molecule has 1 aliphatic rings. The van der Waals surface area contributed by atoms with Crippen LogP contribution >= 0.6 is 0 Å². The molecule has 1 aliphatic heterocycles. The minimum Gasteiger partial charge on any atom is -0.370 e. The molecule has 1 fully saturated rings. The van der Waals surface area contributed by atoms with E-state index in [0.29, 0.717) is 5.56 Å². The van der Waals surface area contributed by atoms with Gasteiger partial charge < -0.3 is 9.64 Å². The number of sulfonamides is 1. The molecule has 1 atom stereocenters. The Kier molecular flexibility index (Phi) is 5.15. The van der Waals surface area contributed by atoms with Crippen LogP contribution in [0.25, 0.3) is 0 Å². The molecule has 10 heteroatoms. The molecule has 0 saturated carbocycles. The van der Waals surface area contributed by atoms with Crippen molar-refractivity contribution < 1.29 is 30.7 Å². The van der Waals surface area contributed by atoms with E-state index >= 15 is 0 Å². The number of halogens is 4. The first-order chi connectivity index (χ1) is 12.6. The number of hydrogen-bond acceptors (Lipinski definition) is 4. The van der Waals surface area contributed by atoms with Crippen molar-refractivity contribution in [3.8, 4) is 0 Å². The minimum atomic E-state index is -4.89. The summed E-state index contributed by atoms with van der Waals surface area (Å²) in [5.41, 5.74) is -0.879. The van der Waals surface area contributed by atoms with Crippen molar-refractivity contribution in [3.05, 3.63) is 59.4 Å². The van der Waals surface area contributed by atoms with Gasteiger partial charge in [0.2, 0.25) is 10.0 Å². The molecular formula is C17H16F4N2O3S. The number of benzene rings is 2. The van der Waals surface area contributed by atoms with Gasteiger partial charge in [0.25, 0.3) is 0 Å². The number of alkyl halides is 3. The summed E-state index contributed by atoms with van der Waals surface area (Å²) in [5.74, 6) is -0.468. The lowest BCUT2D eigenvalue weighted by atomic mass is 10.1. The van der Waals surface area contributed by atoms with Gasteiger partial charge in [-0.15, -0.1) is 0 Å². The van der Waals surface area contributed by atoms with E-state index in [0.717, 1.165) is 12.1 Å². The van der Waals surface area contributed by atoms with Crippen LogP contribution in [0.15, 0.2) is 47.4 Å². The predicted molar refractivity (Wildman–Crippen MR) is 90.1 cm³/mol. The predicted octanol–water partition coefficient (Wildman–Crippen LogP) is 3.07. The molecule has 0 aromatic heterocycles. The van der Waals surface area contributed by atoms with Crippen molar-refractivity contribution in [2.45, 2.75) is 17.2 Å². The molecule has 1 saturated heterocycles. The van der Waals surface area contributed by atoms with Crippen LogP contribution in [0, 0.1) is 5.82 Å². The molecule has 146 valence electrons. The molecule has 2 aromatic rings. The Hall–Kier alpha value is -2.17. The van der Waals surface area contributed by atoms with Crippen molar-refractivity contribution in [3.63, 3.8) is 0 Å². The zero-order valence-electron chi connectivity index (χ0n) is 13.9. The fourth-order valence-electron chi connectivity index (χ4n) is 2.99. The molecule has 1 unspecified atom stereocenters. The lowest BCUT2D eigenvalue weighted by molar-refractivity contribution is -0.139. The van der Waals surface area contributed by atoms with Crippen LogP contribution in [0.1, 0.15) is 17.2 Å². The second-order valence-corrected chi connectivity index (χ2v) is 7.58. The van der Waals surface area contributed by atoms with Crippen LogP contribution in [0.3, 0.4) is 0 Å². The Balaban J connectivity index is 1.95. The standard InChI is InChI=1S/C17H16F4N2O3S/c18-14-4-2-1-3-12(14)15-10-23(7-8-26-15)11-5-6-16(27(22,24)25)13(9-11)17(19,20)21/h1-6,9,15H,7-8,10H2,(H2,22,24,25). The molecule has 5 nitrogen and oxygen atoms in total. The maximum atomic E-state index is 14.0. The second kappa shape index (κ2) is 7.10. The van der Waals surface area contributed by atoms with Crippen molar-refractivity contribution in [1.82, 2.24) is 0 Å². The topological polar surface area (TPSA) is 72.6 Å². The summed E-state index contributed by atoms with van der Waals surface area (Å²) < 4.78 is 82.4. The number of nitrogens with two attached hydrogens (primary N) is 1. The van der Waals surface area contributed by atoms with Gasteiger partial charge in [-0.3, -0.25) is 0 Å². The van der Waals surface area contributed by atoms with Gasteiger partial charge in [-0.1, -0.05) is 18.2 Å². The van der Waals surface area contributed by atoms with Crippen molar-refractivity contribution in [2.75, 3.05) is 24.6 Å². The van der Waals surface area contributed by atoms with Crippen LogP contribution in [0.5, 0.6) is 0 Å². The zero-order valence-corrected chi connectivity index (χ0v) is 14.7. The first-order valence-electron chi connectivity index (χ1n) is 7.92. The molecule has 0 spiro atoms. The van der Waals surface area contributed by atoms with Gasteiger partial charge in [-0.05, 0) is 24.3 Å².